The third-order valence-electron chi connectivity index (χ3n) is 1.93. The van der Waals surface area contributed by atoms with E-state index in [4.69, 9.17) is 5.11 Å². The minimum Gasteiger partial charge on any atom is -0.478 e. The van der Waals surface area contributed by atoms with Gasteiger partial charge >= 0.3 is 12.4 Å². The highest BCUT2D eigenvalue weighted by molar-refractivity contribution is 5.95. The van der Waals surface area contributed by atoms with Crippen molar-refractivity contribution in [2.24, 2.45) is 0 Å². The molecule has 86 valence electrons. The first kappa shape index (κ1) is 12.1. The molecule has 4 nitrogen and oxygen atoms in total. The summed E-state index contributed by atoms with van der Waals surface area (Å²) >= 11 is 0. The average molecular weight is 229 g/mol. The van der Waals surface area contributed by atoms with Crippen molar-refractivity contribution in [1.29, 1.82) is 0 Å². The van der Waals surface area contributed by atoms with Gasteiger partial charge in [-0.1, -0.05) is 6.07 Å². The Labute approximate surface area is 89.9 Å². The minimum atomic E-state index is -3.13. The molecule has 1 amide bonds. The molecule has 0 aliphatic carbocycles. The largest absolute Gasteiger partial charge is 0.478 e. The molecule has 0 bridgehead atoms. The molecule has 0 aromatic heterocycles. The number of hydrogen-bond acceptors (Lipinski definition) is 2. The Balaban J connectivity index is 2.95. The third kappa shape index (κ3) is 2.75. The van der Waals surface area contributed by atoms with Gasteiger partial charge in [-0.05, 0) is 24.6 Å². The van der Waals surface area contributed by atoms with Crippen LogP contribution in [0.25, 0.3) is 0 Å². The second-order valence-corrected chi connectivity index (χ2v) is 3.12. The number of benzene rings is 1. The average Bonchev–Trinajstić information content (AvgIpc) is 2.20. The number of amides is 1. The fourth-order valence-electron chi connectivity index (χ4n) is 1.13. The van der Waals surface area contributed by atoms with E-state index in [1.807, 2.05) is 5.32 Å². The van der Waals surface area contributed by atoms with E-state index in [-0.39, 0.29) is 11.3 Å². The van der Waals surface area contributed by atoms with Crippen molar-refractivity contribution in [3.63, 3.8) is 0 Å². The zero-order valence-corrected chi connectivity index (χ0v) is 8.33. The van der Waals surface area contributed by atoms with Crippen molar-refractivity contribution < 1.29 is 23.5 Å². The second-order valence-electron chi connectivity index (χ2n) is 3.12. The predicted octanol–water partition coefficient (Wildman–Crippen LogP) is 1.90. The number of aryl methyl sites for hydroxylation is 1. The molecule has 0 atom stereocenters. The van der Waals surface area contributed by atoms with Crippen molar-refractivity contribution in [3.05, 3.63) is 29.3 Å². The number of alkyl halides is 2. The Morgan fingerprint density at radius 3 is 2.50 bits per heavy atom. The summed E-state index contributed by atoms with van der Waals surface area (Å²) in [5.74, 6) is -2.63. The van der Waals surface area contributed by atoms with Crippen LogP contribution in [0, 0.1) is 6.92 Å². The topological polar surface area (TPSA) is 66.4 Å². The van der Waals surface area contributed by atoms with Crippen LogP contribution in [0.2, 0.25) is 0 Å². The fourth-order valence-corrected chi connectivity index (χ4v) is 1.13. The van der Waals surface area contributed by atoms with Gasteiger partial charge < -0.3 is 10.4 Å². The van der Waals surface area contributed by atoms with Gasteiger partial charge in [0, 0.05) is 5.69 Å². The molecular weight excluding hydrogens is 220 g/mol. The Hall–Kier alpha value is -1.98. The number of carboxylic acids is 1. The number of aromatic carboxylic acids is 1. The summed E-state index contributed by atoms with van der Waals surface area (Å²) in [6, 6.07) is 3.94. The third-order valence-corrected chi connectivity index (χ3v) is 1.93. The quantitative estimate of drug-likeness (QED) is 0.831. The number of nitrogens with one attached hydrogen (secondary N) is 1. The molecule has 6 heteroatoms. The SMILES string of the molecule is Cc1ccc(NC(=O)C(F)F)cc1C(=O)O. The maximum absolute atomic E-state index is 11.9. The number of carbonyl (C=O) groups excluding carboxylic acids is 1. The second kappa shape index (κ2) is 4.69. The van der Waals surface area contributed by atoms with Gasteiger partial charge in [-0.3, -0.25) is 4.79 Å². The standard InChI is InChI=1S/C10H9F2NO3/c1-5-2-3-6(4-7(5)10(15)16)13-9(14)8(11)12/h2-4,8H,1H3,(H,13,14)(H,15,16). The van der Waals surface area contributed by atoms with Gasteiger partial charge in [-0.2, -0.15) is 8.78 Å². The molecule has 0 aliphatic heterocycles. The number of carboxylic acid groups (broad SMARTS) is 1. The van der Waals surface area contributed by atoms with Crippen LogP contribution in [0.3, 0.4) is 0 Å². The molecule has 0 unspecified atom stereocenters. The summed E-state index contributed by atoms with van der Waals surface area (Å²) in [7, 11) is 0. The number of rotatable bonds is 3. The van der Waals surface area contributed by atoms with Crippen molar-refractivity contribution in [2.75, 3.05) is 5.32 Å². The van der Waals surface area contributed by atoms with E-state index in [0.29, 0.717) is 5.56 Å². The highest BCUT2D eigenvalue weighted by atomic mass is 19.3. The van der Waals surface area contributed by atoms with Crippen LogP contribution in [0.15, 0.2) is 18.2 Å². The van der Waals surface area contributed by atoms with Gasteiger partial charge in [-0.25, -0.2) is 4.79 Å². The maximum atomic E-state index is 11.9. The molecule has 1 aromatic rings. The van der Waals surface area contributed by atoms with Crippen LogP contribution in [-0.2, 0) is 4.79 Å². The Morgan fingerprint density at radius 1 is 1.38 bits per heavy atom. The lowest BCUT2D eigenvalue weighted by Crippen LogP contribution is -2.20. The Morgan fingerprint density at radius 2 is 2.00 bits per heavy atom. The van der Waals surface area contributed by atoms with Crippen molar-refractivity contribution in [1.82, 2.24) is 0 Å². The fraction of sp³-hybridized carbons (Fsp3) is 0.200. The molecule has 0 spiro atoms. The van der Waals surface area contributed by atoms with E-state index in [0.717, 1.165) is 6.07 Å². The summed E-state index contributed by atoms with van der Waals surface area (Å²) < 4.78 is 23.8. The number of hydrogen-bond donors (Lipinski definition) is 2. The Bertz CT molecular complexity index is 432. The van der Waals surface area contributed by atoms with E-state index in [2.05, 4.69) is 0 Å². The Kier molecular flexibility index (Phi) is 3.55. The predicted molar refractivity (Wildman–Crippen MR) is 52.8 cm³/mol. The van der Waals surface area contributed by atoms with E-state index < -0.39 is 18.3 Å². The zero-order valence-electron chi connectivity index (χ0n) is 8.33. The van der Waals surface area contributed by atoms with Crippen molar-refractivity contribution in [3.8, 4) is 0 Å². The summed E-state index contributed by atoms with van der Waals surface area (Å²) in [6.45, 7) is 1.57. The summed E-state index contributed by atoms with van der Waals surface area (Å²) in [5, 5.41) is 10.7. The van der Waals surface area contributed by atoms with E-state index in [1.54, 1.807) is 6.92 Å². The smallest absolute Gasteiger partial charge is 0.336 e. The van der Waals surface area contributed by atoms with Gasteiger partial charge in [0.1, 0.15) is 0 Å². The monoisotopic (exact) mass is 229 g/mol. The highest BCUT2D eigenvalue weighted by Gasteiger charge is 2.16. The normalized spacial score (nSPS) is 10.2. The number of halogens is 2. The molecular formula is C10H9F2NO3. The lowest BCUT2D eigenvalue weighted by atomic mass is 10.1. The van der Waals surface area contributed by atoms with Crippen LogP contribution in [0.1, 0.15) is 15.9 Å². The number of carbonyl (C=O) groups is 2. The lowest BCUT2D eigenvalue weighted by Gasteiger charge is -2.07. The molecule has 0 saturated heterocycles. The van der Waals surface area contributed by atoms with Crippen LogP contribution < -0.4 is 5.32 Å². The lowest BCUT2D eigenvalue weighted by molar-refractivity contribution is -0.126. The molecule has 0 saturated carbocycles. The van der Waals surface area contributed by atoms with E-state index >= 15 is 0 Å². The minimum absolute atomic E-state index is 0.0351. The molecule has 1 rings (SSSR count). The first-order valence-electron chi connectivity index (χ1n) is 4.34. The molecule has 2 N–H and O–H groups in total. The molecule has 0 fully saturated rings. The van der Waals surface area contributed by atoms with Crippen LogP contribution in [-0.4, -0.2) is 23.4 Å². The highest BCUT2D eigenvalue weighted by Crippen LogP contribution is 2.15. The van der Waals surface area contributed by atoms with E-state index in [9.17, 15) is 18.4 Å². The van der Waals surface area contributed by atoms with Crippen molar-refractivity contribution >= 4 is 17.6 Å². The summed E-state index contributed by atoms with van der Waals surface area (Å²) in [4.78, 5) is 21.4. The summed E-state index contributed by atoms with van der Waals surface area (Å²) in [6.07, 6.45) is -3.13. The van der Waals surface area contributed by atoms with Crippen molar-refractivity contribution in [2.45, 2.75) is 13.3 Å². The molecule has 16 heavy (non-hydrogen) atoms. The molecule has 0 heterocycles. The van der Waals surface area contributed by atoms with Crippen LogP contribution in [0.4, 0.5) is 14.5 Å². The molecule has 0 radical (unpaired) electrons. The van der Waals surface area contributed by atoms with Gasteiger partial charge in [0.25, 0.3) is 5.91 Å². The first-order valence-corrected chi connectivity index (χ1v) is 4.34. The van der Waals surface area contributed by atoms with Gasteiger partial charge in [0.15, 0.2) is 0 Å². The number of anilines is 1. The van der Waals surface area contributed by atoms with Gasteiger partial charge in [-0.15, -0.1) is 0 Å². The zero-order chi connectivity index (χ0) is 12.3. The van der Waals surface area contributed by atoms with Crippen LogP contribution >= 0.6 is 0 Å². The first-order chi connectivity index (χ1) is 7.41. The van der Waals surface area contributed by atoms with E-state index in [1.165, 1.54) is 12.1 Å². The molecule has 0 aliphatic rings. The maximum Gasteiger partial charge on any atom is 0.336 e. The van der Waals surface area contributed by atoms with Crippen LogP contribution in [0.5, 0.6) is 0 Å². The summed E-state index contributed by atoms with van der Waals surface area (Å²) in [5.41, 5.74) is 0.489. The van der Waals surface area contributed by atoms with Gasteiger partial charge in [0.05, 0.1) is 5.56 Å². The molecule has 1 aromatic carbocycles. The van der Waals surface area contributed by atoms with Gasteiger partial charge in [0.2, 0.25) is 0 Å².